The third-order valence-electron chi connectivity index (χ3n) is 1.95. The molecule has 15 heavy (non-hydrogen) atoms. The van der Waals surface area contributed by atoms with Gasteiger partial charge >= 0.3 is 5.69 Å². The summed E-state index contributed by atoms with van der Waals surface area (Å²) in [6, 6.07) is 3.36. The zero-order chi connectivity index (χ0) is 11.0. The molecule has 0 spiro atoms. The summed E-state index contributed by atoms with van der Waals surface area (Å²) < 4.78 is 13.9. The van der Waals surface area contributed by atoms with Crippen molar-refractivity contribution in [3.63, 3.8) is 0 Å². The molecule has 5 nitrogen and oxygen atoms in total. The van der Waals surface area contributed by atoms with Gasteiger partial charge in [-0.05, 0) is 12.1 Å². The molecule has 0 amide bonds. The number of halogens is 1. The number of benzene rings is 1. The lowest BCUT2D eigenvalue weighted by molar-refractivity contribution is 0.429. The first-order valence-corrected chi connectivity index (χ1v) is 4.08. The third kappa shape index (κ3) is 1.45. The van der Waals surface area contributed by atoms with Crippen LogP contribution in [0.3, 0.4) is 0 Å². The van der Waals surface area contributed by atoms with E-state index in [1.807, 2.05) is 0 Å². The van der Waals surface area contributed by atoms with Crippen molar-refractivity contribution in [3.05, 3.63) is 40.7 Å². The lowest BCUT2D eigenvalue weighted by Gasteiger charge is -2.03. The minimum absolute atomic E-state index is 0.133. The van der Waals surface area contributed by atoms with Crippen LogP contribution in [0.4, 0.5) is 4.39 Å². The topological polar surface area (TPSA) is 78.2 Å². The van der Waals surface area contributed by atoms with Crippen LogP contribution in [0.1, 0.15) is 0 Å². The van der Waals surface area contributed by atoms with Gasteiger partial charge in [0.1, 0.15) is 0 Å². The minimum Gasteiger partial charge on any atom is -0.505 e. The monoisotopic (exact) mass is 210 g/mol. The molecular formula is C9H7FN2O3. The molecule has 0 fully saturated rings. The van der Waals surface area contributed by atoms with Crippen LogP contribution in [0, 0.1) is 5.82 Å². The number of hydrogen-bond donors (Lipinski definition) is 3. The Bertz CT molecular complexity index is 559. The van der Waals surface area contributed by atoms with Crippen LogP contribution in [-0.2, 0) is 0 Å². The van der Waals surface area contributed by atoms with E-state index in [-0.39, 0.29) is 11.6 Å². The van der Waals surface area contributed by atoms with Crippen LogP contribution in [0.2, 0.25) is 0 Å². The SMILES string of the molecule is O=c1[nH]cc(O)n1-c1ccc(O)c(F)c1. The molecule has 3 N–H and O–H groups in total. The number of phenols is 1. The molecule has 2 aromatic rings. The molecule has 1 heterocycles. The number of H-pyrrole nitrogens is 1. The molecule has 1 aromatic heterocycles. The summed E-state index contributed by atoms with van der Waals surface area (Å²) in [4.78, 5) is 13.4. The van der Waals surface area contributed by atoms with Crippen molar-refractivity contribution in [1.29, 1.82) is 0 Å². The van der Waals surface area contributed by atoms with Crippen molar-refractivity contribution < 1.29 is 14.6 Å². The maximum atomic E-state index is 13.0. The Hall–Kier alpha value is -2.24. The van der Waals surface area contributed by atoms with E-state index in [0.29, 0.717) is 0 Å². The number of phenolic OH excluding ortho intramolecular Hbond substituents is 1. The first kappa shape index (κ1) is 9.32. The molecule has 0 bridgehead atoms. The fraction of sp³-hybridized carbons (Fsp3) is 0. The highest BCUT2D eigenvalue weighted by Crippen LogP contribution is 2.20. The van der Waals surface area contributed by atoms with E-state index in [2.05, 4.69) is 4.98 Å². The molecule has 0 aliphatic heterocycles. The number of imidazole rings is 1. The first-order valence-electron chi connectivity index (χ1n) is 4.08. The summed E-state index contributed by atoms with van der Waals surface area (Å²) in [6.45, 7) is 0. The summed E-state index contributed by atoms with van der Waals surface area (Å²) >= 11 is 0. The van der Waals surface area contributed by atoms with E-state index in [9.17, 15) is 14.3 Å². The Morgan fingerprint density at radius 2 is 2.07 bits per heavy atom. The summed E-state index contributed by atoms with van der Waals surface area (Å²) in [5.41, 5.74) is -0.452. The zero-order valence-corrected chi connectivity index (χ0v) is 7.44. The molecule has 0 saturated carbocycles. The molecule has 1 aromatic carbocycles. The standard InChI is InChI=1S/C9H7FN2O3/c10-6-3-5(1-2-7(6)13)12-8(14)4-11-9(12)15/h1-4,13-14H,(H,11,15). The lowest BCUT2D eigenvalue weighted by Crippen LogP contribution is -2.14. The van der Waals surface area contributed by atoms with Crippen LogP contribution in [0.25, 0.3) is 5.69 Å². The average Bonchev–Trinajstić information content (AvgIpc) is 2.52. The predicted molar refractivity (Wildman–Crippen MR) is 49.7 cm³/mol. The van der Waals surface area contributed by atoms with Gasteiger partial charge in [0.05, 0.1) is 11.9 Å². The molecule has 0 atom stereocenters. The number of hydrogen-bond acceptors (Lipinski definition) is 3. The molecule has 0 unspecified atom stereocenters. The van der Waals surface area contributed by atoms with Crippen LogP contribution in [0.15, 0.2) is 29.2 Å². The third-order valence-corrected chi connectivity index (χ3v) is 1.95. The Morgan fingerprint density at radius 1 is 1.33 bits per heavy atom. The van der Waals surface area contributed by atoms with Crippen LogP contribution < -0.4 is 5.69 Å². The smallest absolute Gasteiger partial charge is 0.333 e. The zero-order valence-electron chi connectivity index (χ0n) is 7.44. The molecule has 6 heteroatoms. The molecular weight excluding hydrogens is 203 g/mol. The number of aromatic amines is 1. The quantitative estimate of drug-likeness (QED) is 0.648. The van der Waals surface area contributed by atoms with E-state index in [4.69, 9.17) is 5.11 Å². The van der Waals surface area contributed by atoms with Crippen molar-refractivity contribution in [1.82, 2.24) is 9.55 Å². The van der Waals surface area contributed by atoms with Crippen LogP contribution in [-0.4, -0.2) is 19.8 Å². The fourth-order valence-corrected chi connectivity index (χ4v) is 1.24. The normalized spacial score (nSPS) is 10.5. The van der Waals surface area contributed by atoms with Gasteiger partial charge < -0.3 is 15.2 Å². The van der Waals surface area contributed by atoms with Gasteiger partial charge in [-0.15, -0.1) is 0 Å². The van der Waals surface area contributed by atoms with Gasteiger partial charge in [0.15, 0.2) is 11.6 Å². The summed E-state index contributed by atoms with van der Waals surface area (Å²) in [5.74, 6) is -1.70. The van der Waals surface area contributed by atoms with E-state index in [1.165, 1.54) is 6.07 Å². The predicted octanol–water partition coefficient (Wildman–Crippen LogP) is 0.716. The average molecular weight is 210 g/mol. The summed E-state index contributed by atoms with van der Waals surface area (Å²) in [7, 11) is 0. The summed E-state index contributed by atoms with van der Waals surface area (Å²) in [6.07, 6.45) is 1.09. The highest BCUT2D eigenvalue weighted by atomic mass is 19.1. The van der Waals surface area contributed by atoms with E-state index >= 15 is 0 Å². The maximum absolute atomic E-state index is 13.0. The molecule has 2 rings (SSSR count). The lowest BCUT2D eigenvalue weighted by atomic mass is 10.3. The second-order valence-electron chi connectivity index (χ2n) is 2.92. The fourth-order valence-electron chi connectivity index (χ4n) is 1.24. The Morgan fingerprint density at radius 3 is 2.60 bits per heavy atom. The number of aromatic nitrogens is 2. The summed E-state index contributed by atoms with van der Waals surface area (Å²) in [5, 5.41) is 18.2. The highest BCUT2D eigenvalue weighted by Gasteiger charge is 2.09. The molecule has 0 radical (unpaired) electrons. The Kier molecular flexibility index (Phi) is 1.96. The number of nitrogens with zero attached hydrogens (tertiary/aromatic N) is 1. The van der Waals surface area contributed by atoms with Gasteiger partial charge in [0.2, 0.25) is 5.88 Å². The van der Waals surface area contributed by atoms with Gasteiger partial charge in [0.25, 0.3) is 0 Å². The Labute approximate surface area is 83.0 Å². The van der Waals surface area contributed by atoms with Gasteiger partial charge in [-0.3, -0.25) is 0 Å². The van der Waals surface area contributed by atoms with Crippen LogP contribution >= 0.6 is 0 Å². The first-order chi connectivity index (χ1) is 7.09. The van der Waals surface area contributed by atoms with Gasteiger partial charge in [0, 0.05) is 6.07 Å². The van der Waals surface area contributed by atoms with E-state index < -0.39 is 17.3 Å². The van der Waals surface area contributed by atoms with Gasteiger partial charge in [-0.2, -0.15) is 0 Å². The van der Waals surface area contributed by atoms with Crippen LogP contribution in [0.5, 0.6) is 11.6 Å². The van der Waals surface area contributed by atoms with Crippen molar-refractivity contribution in [3.8, 4) is 17.3 Å². The number of rotatable bonds is 1. The number of nitrogens with one attached hydrogen (secondary N) is 1. The van der Waals surface area contributed by atoms with E-state index in [0.717, 1.165) is 22.9 Å². The second-order valence-corrected chi connectivity index (χ2v) is 2.92. The molecule has 0 aliphatic rings. The Balaban J connectivity index is 2.65. The molecule has 0 aliphatic carbocycles. The molecule has 0 saturated heterocycles. The largest absolute Gasteiger partial charge is 0.505 e. The minimum atomic E-state index is -0.861. The molecule has 78 valence electrons. The van der Waals surface area contributed by atoms with Crippen molar-refractivity contribution in [2.45, 2.75) is 0 Å². The second kappa shape index (κ2) is 3.16. The van der Waals surface area contributed by atoms with E-state index in [1.54, 1.807) is 0 Å². The maximum Gasteiger partial charge on any atom is 0.333 e. The van der Waals surface area contributed by atoms with Crippen molar-refractivity contribution in [2.24, 2.45) is 0 Å². The van der Waals surface area contributed by atoms with Crippen molar-refractivity contribution >= 4 is 0 Å². The highest BCUT2D eigenvalue weighted by molar-refractivity contribution is 5.40. The van der Waals surface area contributed by atoms with Crippen molar-refractivity contribution in [2.75, 3.05) is 0 Å². The van der Waals surface area contributed by atoms with Gasteiger partial charge in [-0.1, -0.05) is 0 Å². The number of aromatic hydroxyl groups is 2. The van der Waals surface area contributed by atoms with Gasteiger partial charge in [-0.25, -0.2) is 13.8 Å².